The quantitative estimate of drug-likeness (QED) is 0.563. The van der Waals surface area contributed by atoms with Crippen LogP contribution in [0.4, 0.5) is 0 Å². The van der Waals surface area contributed by atoms with E-state index in [9.17, 15) is 0 Å². The van der Waals surface area contributed by atoms with Crippen LogP contribution in [-0.4, -0.2) is 9.97 Å². The van der Waals surface area contributed by atoms with Gasteiger partial charge in [-0.1, -0.05) is 20.8 Å². The monoisotopic (exact) mass is 149 g/mol. The average molecular weight is 149 g/mol. The Morgan fingerprint density at radius 2 is 2.00 bits per heavy atom. The van der Waals surface area contributed by atoms with Gasteiger partial charge in [0.2, 0.25) is 0 Å². The number of rotatable bonds is 0. The molecule has 0 spiro atoms. The molecule has 1 aromatic rings. The summed E-state index contributed by atoms with van der Waals surface area (Å²) in [6.07, 6.45) is 1.68. The first-order valence-corrected chi connectivity index (χ1v) is 3.72. The zero-order valence-electron chi connectivity index (χ0n) is 7.47. The lowest BCUT2D eigenvalue weighted by Gasteiger charge is -2.15. The summed E-state index contributed by atoms with van der Waals surface area (Å²) in [5, 5.41) is 0. The van der Waals surface area contributed by atoms with E-state index in [0.717, 1.165) is 11.5 Å². The normalized spacial score (nSPS) is 11.6. The minimum atomic E-state index is 0.0415. The molecule has 1 rings (SSSR count). The van der Waals surface area contributed by atoms with Crippen LogP contribution in [0.2, 0.25) is 0 Å². The molecule has 0 fully saturated rings. The minimum Gasteiger partial charge on any atom is -0.240 e. The van der Waals surface area contributed by atoms with Crippen molar-refractivity contribution in [3.05, 3.63) is 23.8 Å². The number of hydrogen-bond acceptors (Lipinski definition) is 2. The Balaban J connectivity index is 3.06. The molecule has 0 atom stereocenters. The lowest BCUT2D eigenvalue weighted by atomic mass is 9.96. The molecule has 2 nitrogen and oxygen atoms in total. The van der Waals surface area contributed by atoms with E-state index in [4.69, 9.17) is 0 Å². The fourth-order valence-corrected chi connectivity index (χ4v) is 0.768. The molecular weight excluding hydrogens is 136 g/mol. The number of aromatic nitrogens is 2. The van der Waals surface area contributed by atoms with Gasteiger partial charge < -0.3 is 0 Å². The topological polar surface area (TPSA) is 25.8 Å². The minimum absolute atomic E-state index is 0.0415. The summed E-state index contributed by atoms with van der Waals surface area (Å²) in [5.41, 5.74) is 0.949. The fraction of sp³-hybridized carbons (Fsp3) is 0.556. The van der Waals surface area contributed by atoms with Crippen molar-refractivity contribution in [1.29, 1.82) is 0 Å². The van der Waals surface area contributed by atoms with E-state index in [1.165, 1.54) is 0 Å². The zero-order valence-corrected chi connectivity index (χ0v) is 7.47. The third kappa shape index (κ3) is 2.00. The van der Waals surface area contributed by atoms with E-state index >= 15 is 0 Å². The van der Waals surface area contributed by atoms with Crippen molar-refractivity contribution < 1.29 is 0 Å². The molecule has 0 saturated carbocycles. The van der Waals surface area contributed by atoms with Gasteiger partial charge in [-0.2, -0.15) is 0 Å². The van der Waals surface area contributed by atoms with Gasteiger partial charge in [0, 0.05) is 23.4 Å². The smallest absolute Gasteiger partial charge is 0.133 e. The zero-order chi connectivity index (χ0) is 8.48. The van der Waals surface area contributed by atoms with E-state index in [2.05, 4.69) is 36.8 Å². The van der Waals surface area contributed by atoms with Crippen LogP contribution >= 0.6 is 0 Å². The maximum absolute atomic E-state index is 4.28. The largest absolute Gasteiger partial charge is 0.240 e. The summed E-state index contributed by atoms with van der Waals surface area (Å²) in [6, 6.07) is 2.92. The molecule has 2 heteroatoms. The predicted molar refractivity (Wildman–Crippen MR) is 44.3 cm³/mol. The first-order valence-electron chi connectivity index (χ1n) is 3.72. The second-order valence-electron chi connectivity index (χ2n) is 3.67. The van der Waals surface area contributed by atoms with Gasteiger partial charge in [0.15, 0.2) is 0 Å². The van der Waals surface area contributed by atoms with Gasteiger partial charge in [-0.05, 0) is 6.92 Å². The molecule has 0 saturated heterocycles. The summed E-state index contributed by atoms with van der Waals surface area (Å²) in [4.78, 5) is 8.42. The third-order valence-electron chi connectivity index (χ3n) is 1.40. The van der Waals surface area contributed by atoms with Crippen molar-refractivity contribution in [2.45, 2.75) is 33.1 Å². The standard InChI is InChI=1S/C9H13N2/c1-7-5-6-10-8(11-7)9(2,3)4/h6H,1-4H3. The molecule has 0 aromatic carbocycles. The molecule has 0 unspecified atom stereocenters. The maximum Gasteiger partial charge on any atom is 0.133 e. The molecule has 11 heavy (non-hydrogen) atoms. The molecule has 0 aliphatic carbocycles. The second kappa shape index (κ2) is 2.61. The van der Waals surface area contributed by atoms with Crippen molar-refractivity contribution in [3.63, 3.8) is 0 Å². The van der Waals surface area contributed by atoms with Crippen LogP contribution in [-0.2, 0) is 5.41 Å². The second-order valence-corrected chi connectivity index (χ2v) is 3.67. The summed E-state index contributed by atoms with van der Waals surface area (Å²) in [7, 11) is 0. The number of aryl methyl sites for hydroxylation is 1. The summed E-state index contributed by atoms with van der Waals surface area (Å²) in [5.74, 6) is 0.883. The van der Waals surface area contributed by atoms with Gasteiger partial charge in [-0.15, -0.1) is 0 Å². The van der Waals surface area contributed by atoms with Gasteiger partial charge in [0.05, 0.1) is 0 Å². The molecule has 0 amide bonds. The molecule has 0 aliphatic rings. The van der Waals surface area contributed by atoms with Crippen molar-refractivity contribution in [2.75, 3.05) is 0 Å². The molecule has 1 heterocycles. The van der Waals surface area contributed by atoms with Gasteiger partial charge in [0.25, 0.3) is 0 Å². The lowest BCUT2D eigenvalue weighted by molar-refractivity contribution is 0.542. The Morgan fingerprint density at radius 3 is 2.36 bits per heavy atom. The lowest BCUT2D eigenvalue weighted by Crippen LogP contribution is -2.16. The Morgan fingerprint density at radius 1 is 1.36 bits per heavy atom. The summed E-state index contributed by atoms with van der Waals surface area (Å²) in [6.45, 7) is 8.22. The van der Waals surface area contributed by atoms with Gasteiger partial charge in [-0.25, -0.2) is 9.97 Å². The average Bonchev–Trinajstić information content (AvgIpc) is 1.86. The Kier molecular flexibility index (Phi) is 1.94. The first kappa shape index (κ1) is 8.18. The Bertz CT molecular complexity index is 248. The summed E-state index contributed by atoms with van der Waals surface area (Å²) >= 11 is 0. The van der Waals surface area contributed by atoms with Crippen LogP contribution < -0.4 is 0 Å². The molecule has 0 bridgehead atoms. The first-order chi connectivity index (χ1) is 5.00. The molecule has 1 aromatic heterocycles. The fourth-order valence-electron chi connectivity index (χ4n) is 0.768. The Hall–Kier alpha value is -0.920. The van der Waals surface area contributed by atoms with Crippen LogP contribution in [0.5, 0.6) is 0 Å². The number of nitrogens with zero attached hydrogens (tertiary/aromatic N) is 2. The van der Waals surface area contributed by atoms with E-state index in [-0.39, 0.29) is 5.41 Å². The van der Waals surface area contributed by atoms with E-state index in [1.54, 1.807) is 6.20 Å². The highest BCUT2D eigenvalue weighted by Gasteiger charge is 2.16. The van der Waals surface area contributed by atoms with Crippen molar-refractivity contribution in [3.8, 4) is 0 Å². The van der Waals surface area contributed by atoms with Crippen molar-refractivity contribution >= 4 is 0 Å². The van der Waals surface area contributed by atoms with Crippen LogP contribution in [0.25, 0.3) is 0 Å². The van der Waals surface area contributed by atoms with Crippen molar-refractivity contribution in [1.82, 2.24) is 9.97 Å². The van der Waals surface area contributed by atoms with E-state index in [0.29, 0.717) is 0 Å². The molecule has 1 radical (unpaired) electrons. The highest BCUT2D eigenvalue weighted by Crippen LogP contribution is 2.16. The van der Waals surface area contributed by atoms with Crippen LogP contribution in [0.1, 0.15) is 32.3 Å². The molecule has 0 N–H and O–H groups in total. The van der Waals surface area contributed by atoms with Gasteiger partial charge in [-0.3, -0.25) is 0 Å². The van der Waals surface area contributed by atoms with Crippen LogP contribution in [0, 0.1) is 13.0 Å². The predicted octanol–water partition coefficient (Wildman–Crippen LogP) is 1.88. The van der Waals surface area contributed by atoms with Gasteiger partial charge in [0.1, 0.15) is 5.82 Å². The SMILES string of the molecule is Cc1[c]cnc(C(C)(C)C)n1. The summed E-state index contributed by atoms with van der Waals surface area (Å²) < 4.78 is 0. The van der Waals surface area contributed by atoms with Crippen LogP contribution in [0.15, 0.2) is 6.20 Å². The van der Waals surface area contributed by atoms with Gasteiger partial charge >= 0.3 is 0 Å². The van der Waals surface area contributed by atoms with E-state index in [1.807, 2.05) is 6.92 Å². The van der Waals surface area contributed by atoms with Crippen molar-refractivity contribution in [2.24, 2.45) is 0 Å². The van der Waals surface area contributed by atoms with E-state index < -0.39 is 0 Å². The Labute approximate surface area is 67.7 Å². The third-order valence-corrected chi connectivity index (χ3v) is 1.40. The van der Waals surface area contributed by atoms with Crippen LogP contribution in [0.3, 0.4) is 0 Å². The number of hydrogen-bond donors (Lipinski definition) is 0. The highest BCUT2D eigenvalue weighted by atomic mass is 14.9. The highest BCUT2D eigenvalue weighted by molar-refractivity contribution is 5.05. The maximum atomic E-state index is 4.28. The molecule has 59 valence electrons. The molecular formula is C9H13N2. The molecule has 0 aliphatic heterocycles.